The maximum Gasteiger partial charge on any atom is 0.410 e. The Morgan fingerprint density at radius 2 is 1.94 bits per heavy atom. The number of hydrogen-bond acceptors (Lipinski definition) is 8. The molecule has 4 heterocycles. The van der Waals surface area contributed by atoms with E-state index in [1.165, 1.54) is 13.4 Å². The summed E-state index contributed by atoms with van der Waals surface area (Å²) in [6.45, 7) is 8.94. The van der Waals surface area contributed by atoms with E-state index in [0.29, 0.717) is 52.9 Å². The number of amides is 1. The average Bonchev–Trinajstić information content (AvgIpc) is 3.17. The van der Waals surface area contributed by atoms with Crippen molar-refractivity contribution < 1.29 is 19.1 Å². The van der Waals surface area contributed by atoms with E-state index in [4.69, 9.17) is 21.1 Å². The number of halogens is 1. The second-order valence-corrected chi connectivity index (χ2v) is 9.54. The lowest BCUT2D eigenvalue weighted by Gasteiger charge is -2.41. The van der Waals surface area contributed by atoms with Crippen LogP contribution in [0.3, 0.4) is 0 Å². The fourth-order valence-corrected chi connectivity index (χ4v) is 4.15. The molecule has 1 amide bonds. The number of carbonyl (C=O) groups is 2. The highest BCUT2D eigenvalue weighted by molar-refractivity contribution is 6.30. The highest BCUT2D eigenvalue weighted by atomic mass is 35.5. The second-order valence-electron chi connectivity index (χ2n) is 9.10. The molecule has 10 nitrogen and oxygen atoms in total. The molecule has 34 heavy (non-hydrogen) atoms. The van der Waals surface area contributed by atoms with Gasteiger partial charge in [0.2, 0.25) is 0 Å². The Kier molecular flexibility index (Phi) is 6.35. The quantitative estimate of drug-likeness (QED) is 0.516. The summed E-state index contributed by atoms with van der Waals surface area (Å²) >= 11 is 6.17. The SMILES string of the molecule is COC(=O)c1cn(-c2cc(Cl)ccn2)c2ncnc(N3CCN(C(=O)OC(C)(C)C)C[C@@H]3C)c12. The van der Waals surface area contributed by atoms with E-state index in [1.807, 2.05) is 27.7 Å². The lowest BCUT2D eigenvalue weighted by Crippen LogP contribution is -2.54. The molecule has 0 aliphatic carbocycles. The van der Waals surface area contributed by atoms with Crippen LogP contribution in [0, 0.1) is 0 Å². The first-order chi connectivity index (χ1) is 16.1. The monoisotopic (exact) mass is 486 g/mol. The molecule has 0 N–H and O–H groups in total. The molecule has 4 rings (SSSR count). The molecule has 0 unspecified atom stereocenters. The summed E-state index contributed by atoms with van der Waals surface area (Å²) < 4.78 is 12.3. The van der Waals surface area contributed by atoms with Crippen molar-refractivity contribution in [2.45, 2.75) is 39.3 Å². The zero-order valence-corrected chi connectivity index (χ0v) is 20.5. The number of rotatable bonds is 3. The van der Waals surface area contributed by atoms with Crippen LogP contribution in [0.5, 0.6) is 0 Å². The van der Waals surface area contributed by atoms with Crippen LogP contribution in [0.2, 0.25) is 5.02 Å². The number of hydrogen-bond donors (Lipinski definition) is 0. The number of fused-ring (bicyclic) bond motifs is 1. The number of nitrogens with zero attached hydrogens (tertiary/aromatic N) is 6. The minimum absolute atomic E-state index is 0.0856. The lowest BCUT2D eigenvalue weighted by molar-refractivity contribution is 0.0218. The van der Waals surface area contributed by atoms with Crippen molar-refractivity contribution in [3.63, 3.8) is 0 Å². The summed E-state index contributed by atoms with van der Waals surface area (Å²) in [7, 11) is 1.33. The smallest absolute Gasteiger partial charge is 0.410 e. The molecule has 1 fully saturated rings. The van der Waals surface area contributed by atoms with Crippen LogP contribution in [0.1, 0.15) is 38.1 Å². The minimum atomic E-state index is -0.566. The van der Waals surface area contributed by atoms with E-state index in [9.17, 15) is 9.59 Å². The van der Waals surface area contributed by atoms with Crippen LogP contribution >= 0.6 is 11.6 Å². The topological polar surface area (TPSA) is 103 Å². The largest absolute Gasteiger partial charge is 0.465 e. The van der Waals surface area contributed by atoms with Crippen molar-refractivity contribution in [1.82, 2.24) is 24.4 Å². The van der Waals surface area contributed by atoms with Gasteiger partial charge in [-0.3, -0.25) is 4.57 Å². The molecule has 0 aromatic carbocycles. The molecule has 180 valence electrons. The van der Waals surface area contributed by atoms with Gasteiger partial charge >= 0.3 is 12.1 Å². The van der Waals surface area contributed by atoms with E-state index in [2.05, 4.69) is 19.9 Å². The predicted molar refractivity (Wildman–Crippen MR) is 128 cm³/mol. The Morgan fingerprint density at radius 1 is 1.18 bits per heavy atom. The molecule has 0 saturated carbocycles. The number of pyridine rings is 1. The average molecular weight is 487 g/mol. The van der Waals surface area contributed by atoms with Gasteiger partial charge in [0.05, 0.1) is 18.1 Å². The van der Waals surface area contributed by atoms with Crippen LogP contribution in [0.4, 0.5) is 10.6 Å². The van der Waals surface area contributed by atoms with Gasteiger partial charge in [-0.1, -0.05) is 11.6 Å². The van der Waals surface area contributed by atoms with Gasteiger partial charge < -0.3 is 19.3 Å². The molecule has 1 atom stereocenters. The highest BCUT2D eigenvalue weighted by Gasteiger charge is 2.33. The number of piperazine rings is 1. The van der Waals surface area contributed by atoms with Crippen LogP contribution in [0.25, 0.3) is 16.9 Å². The molecule has 1 aliphatic rings. The maximum atomic E-state index is 12.7. The van der Waals surface area contributed by atoms with Crippen molar-refractivity contribution in [2.24, 2.45) is 0 Å². The van der Waals surface area contributed by atoms with Crippen molar-refractivity contribution in [2.75, 3.05) is 31.6 Å². The molecule has 0 radical (unpaired) electrons. The summed E-state index contributed by atoms with van der Waals surface area (Å²) in [5.41, 5.74) is 0.252. The zero-order chi connectivity index (χ0) is 24.6. The summed E-state index contributed by atoms with van der Waals surface area (Å²) in [6, 6.07) is 3.27. The summed E-state index contributed by atoms with van der Waals surface area (Å²) in [5, 5.41) is 1.06. The minimum Gasteiger partial charge on any atom is -0.465 e. The van der Waals surface area contributed by atoms with Crippen molar-refractivity contribution in [3.05, 3.63) is 41.4 Å². The van der Waals surface area contributed by atoms with E-state index in [0.717, 1.165) is 0 Å². The molecule has 1 saturated heterocycles. The molecular formula is C23H27ClN6O4. The Bertz CT molecular complexity index is 1240. The van der Waals surface area contributed by atoms with Gasteiger partial charge in [0.15, 0.2) is 5.65 Å². The summed E-state index contributed by atoms with van der Waals surface area (Å²) in [5.74, 6) is 0.587. The van der Waals surface area contributed by atoms with Crippen LogP contribution in [-0.4, -0.2) is 74.9 Å². The fraction of sp³-hybridized carbons (Fsp3) is 0.435. The van der Waals surface area contributed by atoms with Gasteiger partial charge in [-0.05, 0) is 33.8 Å². The molecular weight excluding hydrogens is 460 g/mol. The summed E-state index contributed by atoms with van der Waals surface area (Å²) in [6.07, 6.45) is 4.32. The molecule has 3 aromatic rings. The Balaban J connectivity index is 1.74. The van der Waals surface area contributed by atoms with Gasteiger partial charge in [-0.2, -0.15) is 0 Å². The normalized spacial score (nSPS) is 16.6. The van der Waals surface area contributed by atoms with E-state index >= 15 is 0 Å². The van der Waals surface area contributed by atoms with Crippen molar-refractivity contribution in [1.29, 1.82) is 0 Å². The fourth-order valence-electron chi connectivity index (χ4n) is 3.99. The molecule has 11 heteroatoms. The van der Waals surface area contributed by atoms with E-state index in [-0.39, 0.29) is 12.1 Å². The number of esters is 1. The van der Waals surface area contributed by atoms with Crippen LogP contribution in [0.15, 0.2) is 30.9 Å². The molecule has 0 spiro atoms. The van der Waals surface area contributed by atoms with E-state index in [1.54, 1.807) is 34.0 Å². The first kappa shape index (κ1) is 23.7. The Hall–Kier alpha value is -3.40. The number of anilines is 1. The number of methoxy groups -OCH3 is 1. The molecule has 1 aliphatic heterocycles. The molecule has 0 bridgehead atoms. The standard InChI is InChI=1S/C23H27ClN6O4/c1-14-11-28(22(32)34-23(2,3)4)8-9-29(14)19-18-16(21(31)33-5)12-30(20(18)27-13-26-19)17-10-15(24)6-7-25-17/h6-7,10,12-14H,8-9,11H2,1-5H3/t14-/m0/s1. The maximum absolute atomic E-state index is 12.7. The Morgan fingerprint density at radius 3 is 2.59 bits per heavy atom. The summed E-state index contributed by atoms with van der Waals surface area (Å²) in [4.78, 5) is 42.3. The third-order valence-corrected chi connectivity index (χ3v) is 5.71. The predicted octanol–water partition coefficient (Wildman–Crippen LogP) is 3.70. The number of carbonyl (C=O) groups excluding carboxylic acids is 2. The third kappa shape index (κ3) is 4.63. The van der Waals surface area contributed by atoms with Crippen molar-refractivity contribution in [3.8, 4) is 5.82 Å². The number of ether oxygens (including phenoxy) is 2. The Labute approximate surface area is 202 Å². The second kappa shape index (κ2) is 9.09. The van der Waals surface area contributed by atoms with Gasteiger partial charge in [-0.25, -0.2) is 24.5 Å². The van der Waals surface area contributed by atoms with E-state index < -0.39 is 11.6 Å². The van der Waals surface area contributed by atoms with Crippen LogP contribution < -0.4 is 4.90 Å². The van der Waals surface area contributed by atoms with Gasteiger partial charge in [0, 0.05) is 49.2 Å². The first-order valence-corrected chi connectivity index (χ1v) is 11.3. The lowest BCUT2D eigenvalue weighted by atomic mass is 10.1. The van der Waals surface area contributed by atoms with Gasteiger partial charge in [0.1, 0.15) is 23.6 Å². The van der Waals surface area contributed by atoms with Crippen LogP contribution in [-0.2, 0) is 9.47 Å². The third-order valence-electron chi connectivity index (χ3n) is 5.47. The number of aromatic nitrogens is 4. The highest BCUT2D eigenvalue weighted by Crippen LogP contribution is 2.33. The van der Waals surface area contributed by atoms with Gasteiger partial charge in [-0.15, -0.1) is 0 Å². The zero-order valence-electron chi connectivity index (χ0n) is 19.8. The van der Waals surface area contributed by atoms with Crippen molar-refractivity contribution >= 4 is 40.5 Å². The molecule has 3 aromatic heterocycles. The first-order valence-electron chi connectivity index (χ1n) is 10.9. The van der Waals surface area contributed by atoms with Gasteiger partial charge in [0.25, 0.3) is 0 Å².